The van der Waals surface area contributed by atoms with Crippen molar-refractivity contribution >= 4 is 5.97 Å². The summed E-state index contributed by atoms with van der Waals surface area (Å²) < 4.78 is 5.01. The van der Waals surface area contributed by atoms with E-state index in [0.717, 1.165) is 18.3 Å². The zero-order valence-corrected chi connectivity index (χ0v) is 14.1. The third-order valence-electron chi connectivity index (χ3n) is 4.97. The van der Waals surface area contributed by atoms with Gasteiger partial charge in [0.25, 0.3) is 0 Å². The Morgan fingerprint density at radius 2 is 1.59 bits per heavy atom. The first kappa shape index (κ1) is 17.1. The maximum absolute atomic E-state index is 11.6. The molecule has 2 nitrogen and oxygen atoms in total. The second-order valence-electron chi connectivity index (χ2n) is 6.63. The molecule has 1 saturated carbocycles. The van der Waals surface area contributed by atoms with Crippen molar-refractivity contribution in [1.82, 2.24) is 0 Å². The van der Waals surface area contributed by atoms with E-state index in [-0.39, 0.29) is 5.97 Å². The van der Waals surface area contributed by atoms with Crippen molar-refractivity contribution in [1.29, 1.82) is 0 Å². The normalized spacial score (nSPS) is 21.5. The molecule has 0 radical (unpaired) electrons. The molecule has 0 aliphatic heterocycles. The average Bonchev–Trinajstić information content (AvgIpc) is 2.55. The van der Waals surface area contributed by atoms with Crippen LogP contribution in [0.1, 0.15) is 74.7 Å². The maximum atomic E-state index is 11.6. The third-order valence-corrected chi connectivity index (χ3v) is 4.97. The molecule has 0 amide bonds. The molecule has 1 aliphatic rings. The highest BCUT2D eigenvalue weighted by Gasteiger charge is 2.20. The molecule has 22 heavy (non-hydrogen) atoms. The molecule has 0 unspecified atom stereocenters. The fourth-order valence-electron chi connectivity index (χ4n) is 3.61. The number of ether oxygens (including phenoxy) is 1. The fourth-order valence-corrected chi connectivity index (χ4v) is 3.61. The summed E-state index contributed by atoms with van der Waals surface area (Å²) in [6.45, 7) is 4.56. The second kappa shape index (κ2) is 8.97. The van der Waals surface area contributed by atoms with Crippen LogP contribution in [0.3, 0.4) is 0 Å². The number of hydrogen-bond donors (Lipinski definition) is 0. The van der Waals surface area contributed by atoms with Crippen LogP contribution in [0.25, 0.3) is 0 Å². The van der Waals surface area contributed by atoms with Gasteiger partial charge in [0, 0.05) is 0 Å². The molecule has 1 aromatic carbocycles. The van der Waals surface area contributed by atoms with Crippen LogP contribution in [0.5, 0.6) is 0 Å². The number of aryl methyl sites for hydroxylation is 1. The van der Waals surface area contributed by atoms with Crippen molar-refractivity contribution in [2.45, 2.75) is 65.2 Å². The fraction of sp³-hybridized carbons (Fsp3) is 0.650. The average molecular weight is 302 g/mol. The van der Waals surface area contributed by atoms with E-state index in [2.05, 4.69) is 19.1 Å². The summed E-state index contributed by atoms with van der Waals surface area (Å²) in [5.41, 5.74) is 1.99. The molecular weight excluding hydrogens is 272 g/mol. The largest absolute Gasteiger partial charge is 0.462 e. The molecule has 0 saturated heterocycles. The summed E-state index contributed by atoms with van der Waals surface area (Å²) in [6, 6.07) is 7.95. The lowest BCUT2D eigenvalue weighted by Crippen LogP contribution is -2.15. The molecule has 0 bridgehead atoms. The van der Waals surface area contributed by atoms with Gasteiger partial charge in [-0.2, -0.15) is 0 Å². The Hall–Kier alpha value is -1.31. The van der Waals surface area contributed by atoms with Crippen LogP contribution in [0.15, 0.2) is 24.3 Å². The van der Waals surface area contributed by atoms with E-state index in [0.29, 0.717) is 12.2 Å². The van der Waals surface area contributed by atoms with Gasteiger partial charge in [-0.05, 0) is 49.3 Å². The van der Waals surface area contributed by atoms with Crippen molar-refractivity contribution in [2.75, 3.05) is 6.61 Å². The van der Waals surface area contributed by atoms with Gasteiger partial charge in [-0.25, -0.2) is 4.79 Å². The predicted molar refractivity (Wildman–Crippen MR) is 91.1 cm³/mol. The van der Waals surface area contributed by atoms with Crippen LogP contribution in [0, 0.1) is 11.8 Å². The molecule has 2 heteroatoms. The van der Waals surface area contributed by atoms with Gasteiger partial charge in [0.1, 0.15) is 0 Å². The van der Waals surface area contributed by atoms with E-state index >= 15 is 0 Å². The van der Waals surface area contributed by atoms with Gasteiger partial charge < -0.3 is 4.74 Å². The number of benzene rings is 1. The highest BCUT2D eigenvalue weighted by molar-refractivity contribution is 5.89. The number of carbonyl (C=O) groups is 1. The van der Waals surface area contributed by atoms with Gasteiger partial charge in [-0.3, -0.25) is 0 Å². The molecule has 0 atom stereocenters. The van der Waals surface area contributed by atoms with E-state index < -0.39 is 0 Å². The first-order valence-corrected chi connectivity index (χ1v) is 8.99. The van der Waals surface area contributed by atoms with E-state index in [9.17, 15) is 4.79 Å². The van der Waals surface area contributed by atoms with Gasteiger partial charge in [0.15, 0.2) is 0 Å². The van der Waals surface area contributed by atoms with Crippen molar-refractivity contribution < 1.29 is 9.53 Å². The molecular formula is C20H30O2. The maximum Gasteiger partial charge on any atom is 0.338 e. The van der Waals surface area contributed by atoms with Gasteiger partial charge in [-0.1, -0.05) is 57.6 Å². The second-order valence-corrected chi connectivity index (χ2v) is 6.63. The minimum Gasteiger partial charge on any atom is -0.462 e. The number of carbonyl (C=O) groups excluding carboxylic acids is 1. The standard InChI is InChI=1S/C20H30O2/c1-3-5-16-6-8-17(9-7-16)10-11-18-12-14-19(15-13-18)20(21)22-4-2/h12-17H,3-11H2,1-2H3. The summed E-state index contributed by atoms with van der Waals surface area (Å²) in [5.74, 6) is 1.67. The summed E-state index contributed by atoms with van der Waals surface area (Å²) in [7, 11) is 0. The van der Waals surface area contributed by atoms with Gasteiger partial charge in [-0.15, -0.1) is 0 Å². The highest BCUT2D eigenvalue weighted by atomic mass is 16.5. The SMILES string of the molecule is CCCC1CCC(CCc2ccc(C(=O)OCC)cc2)CC1. The lowest BCUT2D eigenvalue weighted by atomic mass is 9.78. The summed E-state index contributed by atoms with van der Waals surface area (Å²) in [4.78, 5) is 11.6. The molecule has 0 heterocycles. The zero-order valence-electron chi connectivity index (χ0n) is 14.1. The summed E-state index contributed by atoms with van der Waals surface area (Å²) in [6.07, 6.45) is 10.9. The topological polar surface area (TPSA) is 26.3 Å². The minimum atomic E-state index is -0.219. The van der Waals surface area contributed by atoms with E-state index in [1.165, 1.54) is 50.5 Å². The van der Waals surface area contributed by atoms with Crippen LogP contribution < -0.4 is 0 Å². The van der Waals surface area contributed by atoms with Crippen molar-refractivity contribution in [3.8, 4) is 0 Å². The molecule has 1 aliphatic carbocycles. The lowest BCUT2D eigenvalue weighted by Gasteiger charge is -2.28. The summed E-state index contributed by atoms with van der Waals surface area (Å²) >= 11 is 0. The lowest BCUT2D eigenvalue weighted by molar-refractivity contribution is 0.0526. The smallest absolute Gasteiger partial charge is 0.338 e. The monoisotopic (exact) mass is 302 g/mol. The minimum absolute atomic E-state index is 0.219. The van der Waals surface area contributed by atoms with Crippen LogP contribution >= 0.6 is 0 Å². The first-order chi connectivity index (χ1) is 10.7. The van der Waals surface area contributed by atoms with Crippen LogP contribution in [0.2, 0.25) is 0 Å². The number of esters is 1. The number of hydrogen-bond acceptors (Lipinski definition) is 2. The van der Waals surface area contributed by atoms with Crippen LogP contribution in [0.4, 0.5) is 0 Å². The van der Waals surface area contributed by atoms with Gasteiger partial charge >= 0.3 is 5.97 Å². The Bertz CT molecular complexity index is 441. The van der Waals surface area contributed by atoms with E-state index in [1.807, 2.05) is 19.1 Å². The quantitative estimate of drug-likeness (QED) is 0.630. The Kier molecular flexibility index (Phi) is 6.95. The molecule has 0 N–H and O–H groups in total. The number of rotatable bonds is 7. The molecule has 122 valence electrons. The Morgan fingerprint density at radius 1 is 1.00 bits per heavy atom. The predicted octanol–water partition coefficient (Wildman–Crippen LogP) is 5.40. The Balaban J connectivity index is 1.74. The molecule has 2 rings (SSSR count). The molecule has 1 aromatic rings. The Labute approximate surface area is 135 Å². The molecule has 0 aromatic heterocycles. The van der Waals surface area contributed by atoms with Crippen LogP contribution in [-0.2, 0) is 11.2 Å². The van der Waals surface area contributed by atoms with Crippen LogP contribution in [-0.4, -0.2) is 12.6 Å². The molecule has 1 fully saturated rings. The van der Waals surface area contributed by atoms with Crippen molar-refractivity contribution in [3.63, 3.8) is 0 Å². The first-order valence-electron chi connectivity index (χ1n) is 8.99. The van der Waals surface area contributed by atoms with E-state index in [4.69, 9.17) is 4.74 Å². The molecule has 0 spiro atoms. The Morgan fingerprint density at radius 3 is 2.14 bits per heavy atom. The van der Waals surface area contributed by atoms with Gasteiger partial charge in [0.2, 0.25) is 0 Å². The van der Waals surface area contributed by atoms with E-state index in [1.54, 1.807) is 0 Å². The van der Waals surface area contributed by atoms with Crippen molar-refractivity contribution in [2.24, 2.45) is 11.8 Å². The third kappa shape index (κ3) is 5.15. The summed E-state index contributed by atoms with van der Waals surface area (Å²) in [5, 5.41) is 0. The van der Waals surface area contributed by atoms with Crippen molar-refractivity contribution in [3.05, 3.63) is 35.4 Å². The zero-order chi connectivity index (χ0) is 15.8. The highest BCUT2D eigenvalue weighted by Crippen LogP contribution is 2.33. The van der Waals surface area contributed by atoms with Gasteiger partial charge in [0.05, 0.1) is 12.2 Å².